The van der Waals surface area contributed by atoms with Crippen molar-refractivity contribution in [2.24, 2.45) is 4.99 Å². The van der Waals surface area contributed by atoms with Crippen molar-refractivity contribution in [1.82, 2.24) is 20.6 Å². The molecule has 0 aliphatic rings. The molecule has 2 aromatic carbocycles. The zero-order valence-corrected chi connectivity index (χ0v) is 16.2. The normalized spacial score (nSPS) is 12.8. The smallest absolute Gasteiger partial charge is 0.191 e. The number of halogens is 1. The molecule has 0 aliphatic carbocycles. The molecule has 3 aromatic rings. The summed E-state index contributed by atoms with van der Waals surface area (Å²) in [6.07, 6.45) is 1.71. The Kier molecular flexibility index (Phi) is 6.84. The minimum Gasteiger partial charge on any atom is -0.489 e. The highest BCUT2D eigenvalue weighted by molar-refractivity contribution is 5.79. The van der Waals surface area contributed by atoms with Crippen molar-refractivity contribution >= 4 is 17.0 Å². The van der Waals surface area contributed by atoms with Crippen LogP contribution in [0.4, 0.5) is 4.39 Å². The van der Waals surface area contributed by atoms with Crippen LogP contribution in [0.5, 0.6) is 5.75 Å². The largest absolute Gasteiger partial charge is 0.489 e. The number of ether oxygens (including phenoxy) is 1. The monoisotopic (exact) mass is 383 g/mol. The third-order valence-corrected chi connectivity index (χ3v) is 4.25. The molecule has 3 rings (SSSR count). The lowest BCUT2D eigenvalue weighted by Crippen LogP contribution is -2.42. The van der Waals surface area contributed by atoms with Crippen molar-refractivity contribution in [3.63, 3.8) is 0 Å². The second-order valence-corrected chi connectivity index (χ2v) is 6.57. The Balaban J connectivity index is 1.36. The van der Waals surface area contributed by atoms with Crippen LogP contribution in [0.2, 0.25) is 0 Å². The van der Waals surface area contributed by atoms with Crippen molar-refractivity contribution in [2.45, 2.75) is 25.9 Å². The van der Waals surface area contributed by atoms with Crippen molar-refractivity contribution in [3.05, 3.63) is 60.2 Å². The molecule has 1 aromatic heterocycles. The fraction of sp³-hybridized carbons (Fsp3) is 0.333. The van der Waals surface area contributed by atoms with Gasteiger partial charge >= 0.3 is 0 Å². The average molecular weight is 383 g/mol. The van der Waals surface area contributed by atoms with Gasteiger partial charge in [-0.15, -0.1) is 0 Å². The number of H-pyrrole nitrogens is 1. The molecular weight excluding hydrogens is 357 g/mol. The Morgan fingerprint density at radius 1 is 1.18 bits per heavy atom. The summed E-state index contributed by atoms with van der Waals surface area (Å²) in [5, 5.41) is 6.53. The van der Waals surface area contributed by atoms with Crippen LogP contribution >= 0.6 is 0 Å². The van der Waals surface area contributed by atoms with E-state index in [4.69, 9.17) is 4.74 Å². The molecule has 148 valence electrons. The first kappa shape index (κ1) is 19.7. The van der Waals surface area contributed by atoms with Crippen molar-refractivity contribution in [3.8, 4) is 5.75 Å². The predicted molar refractivity (Wildman–Crippen MR) is 110 cm³/mol. The SMILES string of the molecule is CN=C(NCCCc1nc2ccccc2[nH]1)NCC(C)Oc1ccc(F)cc1. The van der Waals surface area contributed by atoms with E-state index in [-0.39, 0.29) is 11.9 Å². The minimum absolute atomic E-state index is 0.0837. The first-order valence-electron chi connectivity index (χ1n) is 9.44. The summed E-state index contributed by atoms with van der Waals surface area (Å²) in [5.41, 5.74) is 2.07. The quantitative estimate of drug-likeness (QED) is 0.317. The maximum Gasteiger partial charge on any atom is 0.191 e. The highest BCUT2D eigenvalue weighted by atomic mass is 19.1. The van der Waals surface area contributed by atoms with E-state index in [0.717, 1.165) is 42.2 Å². The van der Waals surface area contributed by atoms with E-state index in [1.807, 2.05) is 31.2 Å². The lowest BCUT2D eigenvalue weighted by molar-refractivity contribution is 0.223. The van der Waals surface area contributed by atoms with E-state index in [2.05, 4.69) is 25.6 Å². The molecule has 3 N–H and O–H groups in total. The van der Waals surface area contributed by atoms with Crippen LogP contribution in [0.25, 0.3) is 11.0 Å². The van der Waals surface area contributed by atoms with Crippen LogP contribution in [0, 0.1) is 5.82 Å². The van der Waals surface area contributed by atoms with Crippen molar-refractivity contribution in [1.29, 1.82) is 0 Å². The van der Waals surface area contributed by atoms with Gasteiger partial charge in [-0.1, -0.05) is 12.1 Å². The van der Waals surface area contributed by atoms with E-state index < -0.39 is 0 Å². The number of rotatable bonds is 8. The number of aryl methyl sites for hydroxylation is 1. The topological polar surface area (TPSA) is 74.3 Å². The van der Waals surface area contributed by atoms with Gasteiger partial charge in [0.05, 0.1) is 17.6 Å². The molecule has 0 saturated heterocycles. The zero-order chi connectivity index (χ0) is 19.8. The van der Waals surface area contributed by atoms with Gasteiger partial charge in [-0.3, -0.25) is 4.99 Å². The number of hydrogen-bond acceptors (Lipinski definition) is 3. The fourth-order valence-corrected chi connectivity index (χ4v) is 2.83. The van der Waals surface area contributed by atoms with Crippen LogP contribution < -0.4 is 15.4 Å². The van der Waals surface area contributed by atoms with Gasteiger partial charge in [0.15, 0.2) is 5.96 Å². The summed E-state index contributed by atoms with van der Waals surface area (Å²) in [4.78, 5) is 12.1. The number of aromatic nitrogens is 2. The standard InChI is InChI=1S/C21H26FN5O/c1-15(28-17-11-9-16(22)10-12-17)14-25-21(23-2)24-13-5-8-20-26-18-6-3-4-7-19(18)27-20/h3-4,6-7,9-12,15H,5,8,13-14H2,1-2H3,(H,26,27)(H2,23,24,25). The Hall–Kier alpha value is -3.09. The van der Waals surface area contributed by atoms with Crippen molar-refractivity contribution < 1.29 is 9.13 Å². The zero-order valence-electron chi connectivity index (χ0n) is 16.2. The van der Waals surface area contributed by atoms with Gasteiger partial charge in [0.25, 0.3) is 0 Å². The molecule has 1 heterocycles. The molecule has 1 unspecified atom stereocenters. The Labute approximate surface area is 164 Å². The van der Waals surface area contributed by atoms with E-state index in [1.54, 1.807) is 19.2 Å². The summed E-state index contributed by atoms with van der Waals surface area (Å²) in [5.74, 6) is 2.08. The number of nitrogens with one attached hydrogen (secondary N) is 3. The highest BCUT2D eigenvalue weighted by Crippen LogP contribution is 2.13. The molecule has 0 radical (unpaired) electrons. The minimum atomic E-state index is -0.273. The fourth-order valence-electron chi connectivity index (χ4n) is 2.83. The summed E-state index contributed by atoms with van der Waals surface area (Å²) in [6.45, 7) is 3.32. The Morgan fingerprint density at radius 2 is 1.96 bits per heavy atom. The lowest BCUT2D eigenvalue weighted by atomic mass is 10.3. The second-order valence-electron chi connectivity index (χ2n) is 6.57. The van der Waals surface area contributed by atoms with E-state index in [9.17, 15) is 4.39 Å². The molecule has 0 bridgehead atoms. The molecule has 0 fully saturated rings. The first-order valence-corrected chi connectivity index (χ1v) is 9.44. The van der Waals surface area contributed by atoms with Gasteiger partial charge in [-0.25, -0.2) is 9.37 Å². The highest BCUT2D eigenvalue weighted by Gasteiger charge is 2.06. The molecule has 0 saturated carbocycles. The second kappa shape index (κ2) is 9.73. The predicted octanol–water partition coefficient (Wildman–Crippen LogP) is 3.27. The number of aromatic amines is 1. The summed E-state index contributed by atoms with van der Waals surface area (Å²) < 4.78 is 18.7. The number of benzene rings is 2. The Bertz CT molecular complexity index is 874. The number of para-hydroxylation sites is 2. The molecule has 0 amide bonds. The van der Waals surface area contributed by atoms with Gasteiger partial charge in [0, 0.05) is 20.0 Å². The van der Waals surface area contributed by atoms with Crippen LogP contribution in [-0.2, 0) is 6.42 Å². The average Bonchev–Trinajstić information content (AvgIpc) is 3.12. The van der Waals surface area contributed by atoms with E-state index in [1.165, 1.54) is 12.1 Å². The summed E-state index contributed by atoms with van der Waals surface area (Å²) >= 11 is 0. The summed E-state index contributed by atoms with van der Waals surface area (Å²) in [7, 11) is 1.74. The van der Waals surface area contributed by atoms with Gasteiger partial charge in [0.2, 0.25) is 0 Å². The third-order valence-electron chi connectivity index (χ3n) is 4.25. The van der Waals surface area contributed by atoms with Gasteiger partial charge in [0.1, 0.15) is 23.5 Å². The summed E-state index contributed by atoms with van der Waals surface area (Å²) in [6, 6.07) is 14.1. The first-order chi connectivity index (χ1) is 13.6. The molecule has 1 atom stereocenters. The van der Waals surface area contributed by atoms with Gasteiger partial charge < -0.3 is 20.4 Å². The van der Waals surface area contributed by atoms with Crippen LogP contribution in [0.3, 0.4) is 0 Å². The maximum absolute atomic E-state index is 12.9. The number of nitrogens with zero attached hydrogens (tertiary/aromatic N) is 2. The molecule has 0 spiro atoms. The molecular formula is C21H26FN5O. The molecule has 0 aliphatic heterocycles. The number of fused-ring (bicyclic) bond motifs is 1. The van der Waals surface area contributed by atoms with Crippen LogP contribution in [0.1, 0.15) is 19.2 Å². The molecule has 28 heavy (non-hydrogen) atoms. The molecule has 6 nitrogen and oxygen atoms in total. The van der Waals surface area contributed by atoms with Crippen LogP contribution in [0.15, 0.2) is 53.5 Å². The van der Waals surface area contributed by atoms with Gasteiger partial charge in [-0.05, 0) is 49.7 Å². The number of aliphatic imine (C=N–C) groups is 1. The van der Waals surface area contributed by atoms with Crippen LogP contribution in [-0.4, -0.2) is 42.2 Å². The van der Waals surface area contributed by atoms with Crippen molar-refractivity contribution in [2.75, 3.05) is 20.1 Å². The Morgan fingerprint density at radius 3 is 2.71 bits per heavy atom. The number of hydrogen-bond donors (Lipinski definition) is 3. The number of imidazole rings is 1. The number of guanidine groups is 1. The van der Waals surface area contributed by atoms with Gasteiger partial charge in [-0.2, -0.15) is 0 Å². The van der Waals surface area contributed by atoms with E-state index in [0.29, 0.717) is 12.3 Å². The third kappa shape index (κ3) is 5.70. The maximum atomic E-state index is 12.9. The lowest BCUT2D eigenvalue weighted by Gasteiger charge is -2.17. The molecule has 7 heteroatoms. The van der Waals surface area contributed by atoms with E-state index >= 15 is 0 Å².